The van der Waals surface area contributed by atoms with Crippen LogP contribution in [-0.2, 0) is 10.0 Å². The van der Waals surface area contributed by atoms with Crippen molar-refractivity contribution in [2.75, 3.05) is 44.6 Å². The molecule has 2 saturated heterocycles. The van der Waals surface area contributed by atoms with Crippen molar-refractivity contribution in [3.63, 3.8) is 0 Å². The first-order valence-corrected chi connectivity index (χ1v) is 15.8. The Balaban J connectivity index is 1.06. The summed E-state index contributed by atoms with van der Waals surface area (Å²) in [5.41, 5.74) is 2.58. The smallest absolute Gasteiger partial charge is 0.289 e. The molecular formula is C31H32N6O6S. The van der Waals surface area contributed by atoms with Gasteiger partial charge in [0.05, 0.1) is 23.0 Å². The maximum Gasteiger partial charge on any atom is 0.289 e. The molecular weight excluding hydrogens is 584 g/mol. The third kappa shape index (κ3) is 6.34. The number of benzene rings is 2. The van der Waals surface area contributed by atoms with Gasteiger partial charge in [0.1, 0.15) is 0 Å². The molecule has 0 spiro atoms. The largest absolute Gasteiger partial charge is 0.459 e. The lowest BCUT2D eigenvalue weighted by molar-refractivity contribution is 0.0518. The first-order valence-electron chi connectivity index (χ1n) is 14.4. The highest BCUT2D eigenvalue weighted by Crippen LogP contribution is 2.25. The van der Waals surface area contributed by atoms with Crippen molar-refractivity contribution in [2.24, 2.45) is 0 Å². The average Bonchev–Trinajstić information content (AvgIpc) is 3.60. The van der Waals surface area contributed by atoms with E-state index in [1.807, 2.05) is 0 Å². The lowest BCUT2D eigenvalue weighted by atomic mass is 10.1. The molecule has 6 rings (SSSR count). The van der Waals surface area contributed by atoms with Gasteiger partial charge in [-0.15, -0.1) is 0 Å². The van der Waals surface area contributed by atoms with Crippen molar-refractivity contribution in [2.45, 2.75) is 23.8 Å². The van der Waals surface area contributed by atoms with Gasteiger partial charge in [0.25, 0.3) is 11.8 Å². The van der Waals surface area contributed by atoms with Crippen LogP contribution in [0.5, 0.6) is 0 Å². The lowest BCUT2D eigenvalue weighted by Crippen LogP contribution is -2.50. The first-order chi connectivity index (χ1) is 21.3. The molecule has 0 aliphatic carbocycles. The number of piperidine rings is 1. The van der Waals surface area contributed by atoms with E-state index in [4.69, 9.17) is 4.42 Å². The molecule has 12 nitrogen and oxygen atoms in total. The molecule has 2 aromatic heterocycles. The van der Waals surface area contributed by atoms with Crippen molar-refractivity contribution >= 4 is 33.5 Å². The number of anilines is 2. The number of amides is 2. The number of rotatable bonds is 7. The quantitative estimate of drug-likeness (QED) is 0.319. The second-order valence-electron chi connectivity index (χ2n) is 10.7. The van der Waals surface area contributed by atoms with Gasteiger partial charge in [0.15, 0.2) is 5.76 Å². The van der Waals surface area contributed by atoms with Gasteiger partial charge in [-0.05, 0) is 67.4 Å². The minimum Gasteiger partial charge on any atom is -0.459 e. The number of furan rings is 1. The summed E-state index contributed by atoms with van der Waals surface area (Å²) < 4.78 is 32.6. The van der Waals surface area contributed by atoms with E-state index >= 15 is 0 Å². The van der Waals surface area contributed by atoms with Gasteiger partial charge in [-0.1, -0.05) is 12.1 Å². The molecule has 228 valence electrons. The summed E-state index contributed by atoms with van der Waals surface area (Å²) in [7, 11) is -3.63. The molecule has 4 aromatic rings. The summed E-state index contributed by atoms with van der Waals surface area (Å²) in [6, 6.07) is 18.6. The first kappa shape index (κ1) is 29.5. The SMILES string of the molecule is O=C(c1ccc(Nc2nccc(-c3ccc(S(=O)(=O)N4CCC(O)CC4)cc3)n2)cc1)N1CCN(C(=O)c2ccco2)CC1. The molecule has 2 aromatic carbocycles. The Morgan fingerprint density at radius 3 is 2.14 bits per heavy atom. The normalized spacial score (nSPS) is 16.6. The molecule has 0 bridgehead atoms. The van der Waals surface area contributed by atoms with E-state index in [1.165, 1.54) is 10.6 Å². The van der Waals surface area contributed by atoms with E-state index in [0.29, 0.717) is 80.8 Å². The van der Waals surface area contributed by atoms with Gasteiger partial charge < -0.3 is 24.6 Å². The number of piperazine rings is 1. The molecule has 2 fully saturated rings. The minimum absolute atomic E-state index is 0.108. The van der Waals surface area contributed by atoms with Crippen LogP contribution in [0.25, 0.3) is 11.3 Å². The van der Waals surface area contributed by atoms with Crippen LogP contribution < -0.4 is 5.32 Å². The second-order valence-corrected chi connectivity index (χ2v) is 12.6. The zero-order valence-corrected chi connectivity index (χ0v) is 24.7. The van der Waals surface area contributed by atoms with E-state index in [9.17, 15) is 23.1 Å². The Kier molecular flexibility index (Phi) is 8.42. The third-order valence-electron chi connectivity index (χ3n) is 7.84. The zero-order chi connectivity index (χ0) is 30.7. The second kappa shape index (κ2) is 12.6. The minimum atomic E-state index is -3.63. The Hall–Kier alpha value is -4.59. The van der Waals surface area contributed by atoms with E-state index in [-0.39, 0.29) is 16.7 Å². The number of hydrogen-bond donors (Lipinski definition) is 2. The van der Waals surface area contributed by atoms with Crippen molar-refractivity contribution < 1.29 is 27.5 Å². The van der Waals surface area contributed by atoms with Crippen LogP contribution in [0.15, 0.2) is 88.5 Å². The number of aliphatic hydroxyl groups excluding tert-OH is 1. The molecule has 0 radical (unpaired) electrons. The molecule has 44 heavy (non-hydrogen) atoms. The topological polar surface area (TPSA) is 149 Å². The molecule has 0 atom stereocenters. The zero-order valence-electron chi connectivity index (χ0n) is 23.9. The van der Waals surface area contributed by atoms with Crippen LogP contribution in [0, 0.1) is 0 Å². The molecule has 0 saturated carbocycles. The van der Waals surface area contributed by atoms with Gasteiger partial charge in [0.2, 0.25) is 16.0 Å². The number of hydrogen-bond acceptors (Lipinski definition) is 9. The van der Waals surface area contributed by atoms with Gasteiger partial charge in [-0.25, -0.2) is 18.4 Å². The molecule has 2 aliphatic rings. The van der Waals surface area contributed by atoms with Gasteiger partial charge in [0, 0.05) is 62.3 Å². The molecule has 2 aliphatic heterocycles. The highest BCUT2D eigenvalue weighted by Gasteiger charge is 2.29. The average molecular weight is 617 g/mol. The van der Waals surface area contributed by atoms with E-state index in [2.05, 4.69) is 15.3 Å². The Bertz CT molecular complexity index is 1710. The Morgan fingerprint density at radius 2 is 1.50 bits per heavy atom. The fourth-order valence-electron chi connectivity index (χ4n) is 5.29. The Morgan fingerprint density at radius 1 is 0.841 bits per heavy atom. The maximum absolute atomic E-state index is 13.1. The van der Waals surface area contributed by atoms with Crippen LogP contribution in [0.1, 0.15) is 33.8 Å². The van der Waals surface area contributed by atoms with E-state index < -0.39 is 16.1 Å². The number of nitrogens with zero attached hydrogens (tertiary/aromatic N) is 5. The highest BCUT2D eigenvalue weighted by molar-refractivity contribution is 7.89. The van der Waals surface area contributed by atoms with Crippen molar-refractivity contribution in [1.29, 1.82) is 0 Å². The number of aromatic nitrogens is 2. The summed E-state index contributed by atoms with van der Waals surface area (Å²) in [5.74, 6) is 0.358. The number of aliphatic hydroxyl groups is 1. The summed E-state index contributed by atoms with van der Waals surface area (Å²) in [5, 5.41) is 12.9. The number of sulfonamides is 1. The van der Waals surface area contributed by atoms with Crippen molar-refractivity contribution in [1.82, 2.24) is 24.1 Å². The summed E-state index contributed by atoms with van der Waals surface area (Å²) in [6.45, 7) is 2.32. The lowest BCUT2D eigenvalue weighted by Gasteiger charge is -2.34. The van der Waals surface area contributed by atoms with Crippen molar-refractivity contribution in [3.8, 4) is 11.3 Å². The Labute approximate surface area is 255 Å². The maximum atomic E-state index is 13.1. The summed E-state index contributed by atoms with van der Waals surface area (Å²) in [4.78, 5) is 38.0. The van der Waals surface area contributed by atoms with Crippen LogP contribution in [0.2, 0.25) is 0 Å². The van der Waals surface area contributed by atoms with Crippen LogP contribution in [-0.4, -0.2) is 94.8 Å². The van der Waals surface area contributed by atoms with Crippen LogP contribution >= 0.6 is 0 Å². The number of carbonyl (C=O) groups is 2. The van der Waals surface area contributed by atoms with E-state index in [0.717, 1.165) is 5.56 Å². The summed E-state index contributed by atoms with van der Waals surface area (Å²) >= 11 is 0. The monoisotopic (exact) mass is 616 g/mol. The predicted molar refractivity (Wildman–Crippen MR) is 162 cm³/mol. The van der Waals surface area contributed by atoms with Crippen molar-refractivity contribution in [3.05, 3.63) is 90.5 Å². The fraction of sp³-hybridized carbons (Fsp3) is 0.290. The summed E-state index contributed by atoms with van der Waals surface area (Å²) in [6.07, 6.45) is 3.49. The predicted octanol–water partition coefficient (Wildman–Crippen LogP) is 3.22. The van der Waals surface area contributed by atoms with Gasteiger partial charge in [-0.2, -0.15) is 4.31 Å². The van der Waals surface area contributed by atoms with Gasteiger partial charge >= 0.3 is 0 Å². The van der Waals surface area contributed by atoms with Crippen LogP contribution in [0.4, 0.5) is 11.6 Å². The molecule has 13 heteroatoms. The van der Waals surface area contributed by atoms with E-state index in [1.54, 1.807) is 82.7 Å². The number of nitrogens with one attached hydrogen (secondary N) is 1. The van der Waals surface area contributed by atoms with Gasteiger partial charge in [-0.3, -0.25) is 9.59 Å². The standard InChI is InChI=1S/C31H32N6O6S/c38-25-12-15-37(16-13-25)44(41,42)26-9-5-22(6-10-26)27-11-14-32-31(34-27)33-24-7-3-23(4-8-24)29(39)35-17-19-36(20-18-35)30(40)28-2-1-21-43-28/h1-11,14,21,25,38H,12-13,15-20H2,(H,32,33,34). The molecule has 0 unspecified atom stereocenters. The third-order valence-corrected chi connectivity index (χ3v) is 9.75. The molecule has 4 heterocycles. The fourth-order valence-corrected chi connectivity index (χ4v) is 6.76. The highest BCUT2D eigenvalue weighted by atomic mass is 32.2. The molecule has 2 amide bonds. The molecule has 2 N–H and O–H groups in total. The van der Waals surface area contributed by atoms with Crippen LogP contribution in [0.3, 0.4) is 0 Å². The number of carbonyl (C=O) groups excluding carboxylic acids is 2.